The van der Waals surface area contributed by atoms with E-state index < -0.39 is 0 Å². The number of amides is 1. The molecule has 1 aliphatic heterocycles. The molecule has 5 nitrogen and oxygen atoms in total. The van der Waals surface area contributed by atoms with Gasteiger partial charge in [0.05, 0.1) is 23.0 Å². The van der Waals surface area contributed by atoms with Gasteiger partial charge in [0.1, 0.15) is 5.76 Å². The summed E-state index contributed by atoms with van der Waals surface area (Å²) in [5, 5.41) is 5.06. The van der Waals surface area contributed by atoms with Gasteiger partial charge < -0.3 is 9.32 Å². The van der Waals surface area contributed by atoms with Crippen molar-refractivity contribution < 1.29 is 9.21 Å². The van der Waals surface area contributed by atoms with Gasteiger partial charge in [-0.1, -0.05) is 18.5 Å². The highest BCUT2D eigenvalue weighted by molar-refractivity contribution is 6.31. The van der Waals surface area contributed by atoms with Crippen LogP contribution in [-0.4, -0.2) is 33.7 Å². The van der Waals surface area contributed by atoms with Gasteiger partial charge in [0.2, 0.25) is 0 Å². The molecule has 3 rings (SSSR count). The van der Waals surface area contributed by atoms with E-state index in [2.05, 4.69) is 12.0 Å². The first-order chi connectivity index (χ1) is 11.0. The van der Waals surface area contributed by atoms with Crippen molar-refractivity contribution >= 4 is 17.5 Å². The maximum Gasteiger partial charge on any atom is 0.289 e. The molecule has 0 saturated carbocycles. The van der Waals surface area contributed by atoms with Gasteiger partial charge >= 0.3 is 0 Å². The maximum absolute atomic E-state index is 12.5. The minimum absolute atomic E-state index is 0.0193. The highest BCUT2D eigenvalue weighted by Crippen LogP contribution is 2.22. The van der Waals surface area contributed by atoms with Crippen LogP contribution in [0.5, 0.6) is 0 Å². The second-order valence-corrected chi connectivity index (χ2v) is 6.78. The lowest BCUT2D eigenvalue weighted by Crippen LogP contribution is -2.38. The number of carbonyl (C=O) groups excluding carboxylic acids is 1. The van der Waals surface area contributed by atoms with E-state index in [1.165, 1.54) is 6.42 Å². The summed E-state index contributed by atoms with van der Waals surface area (Å²) in [6.07, 6.45) is 2.25. The number of aromatic nitrogens is 2. The molecular weight excluding hydrogens is 314 g/mol. The quantitative estimate of drug-likeness (QED) is 0.860. The van der Waals surface area contributed by atoms with Crippen LogP contribution in [0, 0.1) is 19.8 Å². The lowest BCUT2D eigenvalue weighted by molar-refractivity contribution is 0.0648. The Bertz CT molecular complexity index is 719. The van der Waals surface area contributed by atoms with E-state index in [1.807, 2.05) is 24.8 Å². The van der Waals surface area contributed by atoms with Crippen molar-refractivity contribution in [3.05, 3.63) is 40.1 Å². The predicted octanol–water partition coefficient (Wildman–Crippen LogP) is 3.67. The summed E-state index contributed by atoms with van der Waals surface area (Å²) in [4.78, 5) is 14.4. The molecule has 3 heterocycles. The van der Waals surface area contributed by atoms with Crippen LogP contribution in [0.3, 0.4) is 0 Å². The maximum atomic E-state index is 12.5. The molecule has 0 aromatic carbocycles. The lowest BCUT2D eigenvalue weighted by Gasteiger charge is -2.30. The molecular formula is C17H22ClN3O2. The van der Waals surface area contributed by atoms with Gasteiger partial charge in [-0.3, -0.25) is 9.48 Å². The first kappa shape index (κ1) is 16.1. The number of hydrogen-bond donors (Lipinski definition) is 0. The van der Waals surface area contributed by atoms with Crippen molar-refractivity contribution in [1.29, 1.82) is 0 Å². The fraction of sp³-hybridized carbons (Fsp3) is 0.529. The van der Waals surface area contributed by atoms with Crippen molar-refractivity contribution in [3.8, 4) is 0 Å². The van der Waals surface area contributed by atoms with Crippen LogP contribution in [0.15, 0.2) is 16.5 Å². The van der Waals surface area contributed by atoms with Crippen LogP contribution in [0.2, 0.25) is 5.02 Å². The molecule has 1 saturated heterocycles. The molecule has 0 unspecified atom stereocenters. The highest BCUT2D eigenvalue weighted by Gasteiger charge is 2.24. The molecule has 6 heteroatoms. The molecule has 0 aliphatic carbocycles. The molecule has 1 fully saturated rings. The molecule has 2 aromatic rings. The smallest absolute Gasteiger partial charge is 0.289 e. The van der Waals surface area contributed by atoms with E-state index >= 15 is 0 Å². The molecule has 1 atom stereocenters. The minimum atomic E-state index is -0.0193. The molecule has 0 bridgehead atoms. The zero-order valence-electron chi connectivity index (χ0n) is 13.8. The zero-order valence-corrected chi connectivity index (χ0v) is 14.6. The summed E-state index contributed by atoms with van der Waals surface area (Å²) in [5.74, 6) is 1.65. The van der Waals surface area contributed by atoms with E-state index in [1.54, 1.807) is 10.7 Å². The SMILES string of the molecule is Cc1nn(Cc2ccc(C(=O)N3CCC[C@@H](C)C3)o2)c(C)c1Cl. The standard InChI is InChI=1S/C17H22ClN3O2/c1-11-5-4-8-20(9-11)17(22)15-7-6-14(23-15)10-21-13(3)16(18)12(2)19-21/h6-7,11H,4-5,8-10H2,1-3H3/t11-/m1/s1. The van der Waals surface area contributed by atoms with E-state index in [9.17, 15) is 4.79 Å². The van der Waals surface area contributed by atoms with Crippen LogP contribution >= 0.6 is 11.6 Å². The Kier molecular flexibility index (Phi) is 4.48. The number of likely N-dealkylation sites (tertiary alicyclic amines) is 1. The van der Waals surface area contributed by atoms with Crippen LogP contribution in [0.25, 0.3) is 0 Å². The third-order valence-corrected chi connectivity index (χ3v) is 4.96. The number of hydrogen-bond acceptors (Lipinski definition) is 3. The first-order valence-corrected chi connectivity index (χ1v) is 8.41. The lowest BCUT2D eigenvalue weighted by atomic mass is 10.0. The third-order valence-electron chi connectivity index (χ3n) is 4.42. The van der Waals surface area contributed by atoms with Crippen LogP contribution in [-0.2, 0) is 6.54 Å². The number of rotatable bonds is 3. The van der Waals surface area contributed by atoms with Gasteiger partial charge in [-0.15, -0.1) is 0 Å². The molecule has 124 valence electrons. The summed E-state index contributed by atoms with van der Waals surface area (Å²) in [5.41, 5.74) is 1.70. The molecule has 23 heavy (non-hydrogen) atoms. The number of halogens is 1. The number of nitrogens with zero attached hydrogens (tertiary/aromatic N) is 3. The summed E-state index contributed by atoms with van der Waals surface area (Å²) < 4.78 is 7.55. The number of aryl methyl sites for hydroxylation is 1. The Morgan fingerprint density at radius 1 is 1.43 bits per heavy atom. The van der Waals surface area contributed by atoms with Crippen molar-refractivity contribution in [3.63, 3.8) is 0 Å². The van der Waals surface area contributed by atoms with Gasteiger partial charge in [0, 0.05) is 13.1 Å². The molecule has 0 radical (unpaired) electrons. The molecule has 1 aliphatic rings. The monoisotopic (exact) mass is 335 g/mol. The summed E-state index contributed by atoms with van der Waals surface area (Å²) in [6, 6.07) is 3.59. The largest absolute Gasteiger partial charge is 0.454 e. The van der Waals surface area contributed by atoms with E-state index in [0.717, 1.165) is 30.9 Å². The van der Waals surface area contributed by atoms with Gasteiger partial charge in [-0.2, -0.15) is 5.10 Å². The van der Waals surface area contributed by atoms with Gasteiger partial charge in [-0.05, 0) is 44.7 Å². The Labute approximate surface area is 141 Å². The molecule has 1 amide bonds. The van der Waals surface area contributed by atoms with Gasteiger partial charge in [0.25, 0.3) is 5.91 Å². The van der Waals surface area contributed by atoms with Crippen LogP contribution in [0.1, 0.15) is 47.5 Å². The summed E-state index contributed by atoms with van der Waals surface area (Å²) in [6.45, 7) is 8.07. The van der Waals surface area contributed by atoms with E-state index in [4.69, 9.17) is 16.0 Å². The number of furan rings is 1. The van der Waals surface area contributed by atoms with Gasteiger partial charge in [0.15, 0.2) is 5.76 Å². The molecule has 0 N–H and O–H groups in total. The average molecular weight is 336 g/mol. The Balaban J connectivity index is 1.72. The molecule has 0 spiro atoms. The fourth-order valence-corrected chi connectivity index (χ4v) is 3.22. The van der Waals surface area contributed by atoms with E-state index in [-0.39, 0.29) is 5.91 Å². The van der Waals surface area contributed by atoms with Crippen LogP contribution in [0.4, 0.5) is 0 Å². The Morgan fingerprint density at radius 2 is 2.22 bits per heavy atom. The van der Waals surface area contributed by atoms with E-state index in [0.29, 0.717) is 29.0 Å². The summed E-state index contributed by atoms with van der Waals surface area (Å²) >= 11 is 6.16. The molecule has 2 aromatic heterocycles. The summed E-state index contributed by atoms with van der Waals surface area (Å²) in [7, 11) is 0. The predicted molar refractivity (Wildman–Crippen MR) is 88.8 cm³/mol. The first-order valence-electron chi connectivity index (χ1n) is 8.03. The normalized spacial score (nSPS) is 18.4. The van der Waals surface area contributed by atoms with Crippen molar-refractivity contribution in [1.82, 2.24) is 14.7 Å². The van der Waals surface area contributed by atoms with Crippen LogP contribution < -0.4 is 0 Å². The van der Waals surface area contributed by atoms with Crippen molar-refractivity contribution in [2.75, 3.05) is 13.1 Å². The minimum Gasteiger partial charge on any atom is -0.454 e. The second kappa shape index (κ2) is 6.40. The zero-order chi connectivity index (χ0) is 16.6. The number of carbonyl (C=O) groups is 1. The topological polar surface area (TPSA) is 51.3 Å². The average Bonchev–Trinajstić information content (AvgIpc) is 3.08. The fourth-order valence-electron chi connectivity index (χ4n) is 3.08. The van der Waals surface area contributed by atoms with Crippen molar-refractivity contribution in [2.24, 2.45) is 5.92 Å². The highest BCUT2D eigenvalue weighted by atomic mass is 35.5. The Morgan fingerprint density at radius 3 is 2.87 bits per heavy atom. The van der Waals surface area contributed by atoms with Crippen molar-refractivity contribution in [2.45, 2.75) is 40.2 Å². The second-order valence-electron chi connectivity index (χ2n) is 6.41. The third kappa shape index (κ3) is 3.29. The van der Waals surface area contributed by atoms with Gasteiger partial charge in [-0.25, -0.2) is 0 Å². The Hall–Kier alpha value is -1.75. The number of piperidine rings is 1.